The smallest absolute Gasteiger partial charge is 0.133 e. The van der Waals surface area contributed by atoms with Crippen LogP contribution in [-0.2, 0) is 11.3 Å². The van der Waals surface area contributed by atoms with Crippen LogP contribution in [0.4, 0.5) is 0 Å². The third-order valence-electron chi connectivity index (χ3n) is 4.64. The van der Waals surface area contributed by atoms with E-state index < -0.39 is 5.60 Å². The average molecular weight is 295 g/mol. The van der Waals surface area contributed by atoms with Gasteiger partial charge in [-0.3, -0.25) is 4.90 Å². The molecule has 2 saturated heterocycles. The van der Waals surface area contributed by atoms with Crippen LogP contribution in [0, 0.1) is 0 Å². The van der Waals surface area contributed by atoms with Gasteiger partial charge in [0.1, 0.15) is 17.6 Å². The Hall–Kier alpha value is -0.880. The Morgan fingerprint density at radius 2 is 2.05 bits per heavy atom. The fraction of sp³-hybridized carbons (Fsp3) is 0.750. The minimum Gasteiger partial charge on any atom is -0.462 e. The van der Waals surface area contributed by atoms with Gasteiger partial charge in [-0.1, -0.05) is 0 Å². The van der Waals surface area contributed by atoms with Gasteiger partial charge in [0.25, 0.3) is 0 Å². The van der Waals surface area contributed by atoms with E-state index in [1.54, 1.807) is 0 Å². The highest BCUT2D eigenvalue weighted by Gasteiger charge is 2.31. The monoisotopic (exact) mass is 295 g/mol. The van der Waals surface area contributed by atoms with Gasteiger partial charge in [0.15, 0.2) is 0 Å². The number of piperidine rings is 1. The highest BCUT2D eigenvalue weighted by Crippen LogP contribution is 2.30. The van der Waals surface area contributed by atoms with Gasteiger partial charge in [-0.2, -0.15) is 0 Å². The number of likely N-dealkylation sites (tertiary alicyclic amines) is 1. The predicted octanol–water partition coefficient (Wildman–Crippen LogP) is 1.84. The van der Waals surface area contributed by atoms with Crippen molar-refractivity contribution in [2.75, 3.05) is 26.3 Å². The number of rotatable bonds is 4. The van der Waals surface area contributed by atoms with Gasteiger partial charge >= 0.3 is 0 Å². The topological polar surface area (TPSA) is 66.1 Å². The van der Waals surface area contributed by atoms with Crippen molar-refractivity contribution in [3.05, 3.63) is 23.7 Å². The van der Waals surface area contributed by atoms with E-state index in [9.17, 15) is 10.2 Å². The van der Waals surface area contributed by atoms with Crippen molar-refractivity contribution in [3.63, 3.8) is 0 Å². The number of ether oxygens (including phenoxy) is 1. The zero-order valence-electron chi connectivity index (χ0n) is 12.5. The van der Waals surface area contributed by atoms with Crippen LogP contribution >= 0.6 is 0 Å². The molecule has 0 unspecified atom stereocenters. The van der Waals surface area contributed by atoms with E-state index in [1.165, 1.54) is 6.42 Å². The van der Waals surface area contributed by atoms with Crippen LogP contribution in [0.5, 0.6) is 0 Å². The van der Waals surface area contributed by atoms with Crippen molar-refractivity contribution < 1.29 is 19.4 Å². The van der Waals surface area contributed by atoms with E-state index in [2.05, 4.69) is 4.90 Å². The quantitative estimate of drug-likeness (QED) is 0.887. The lowest BCUT2D eigenvalue weighted by Gasteiger charge is -2.36. The molecule has 2 aliphatic heterocycles. The summed E-state index contributed by atoms with van der Waals surface area (Å²) in [4.78, 5) is 2.26. The van der Waals surface area contributed by atoms with Crippen LogP contribution < -0.4 is 0 Å². The SMILES string of the molecule is OCC1(O)CCN(Cc2ccc([C@H]3CCCCO3)o2)CC1. The van der Waals surface area contributed by atoms with Crippen molar-refractivity contribution in [2.24, 2.45) is 0 Å². The van der Waals surface area contributed by atoms with E-state index in [0.29, 0.717) is 12.8 Å². The second kappa shape index (κ2) is 6.48. The molecule has 1 aromatic rings. The Morgan fingerprint density at radius 1 is 1.24 bits per heavy atom. The maximum absolute atomic E-state index is 10.0. The lowest BCUT2D eigenvalue weighted by atomic mass is 9.92. The molecular weight excluding hydrogens is 270 g/mol. The maximum atomic E-state index is 10.0. The van der Waals surface area contributed by atoms with Crippen LogP contribution in [0.3, 0.4) is 0 Å². The molecule has 3 heterocycles. The Morgan fingerprint density at radius 3 is 2.71 bits per heavy atom. The molecular formula is C16H25NO4. The number of furan rings is 1. The molecule has 118 valence electrons. The summed E-state index contributed by atoms with van der Waals surface area (Å²) >= 11 is 0. The van der Waals surface area contributed by atoms with Crippen LogP contribution in [0.1, 0.15) is 49.7 Å². The molecule has 0 bridgehead atoms. The Balaban J connectivity index is 1.53. The molecule has 1 aromatic heterocycles. The summed E-state index contributed by atoms with van der Waals surface area (Å²) in [6.07, 6.45) is 4.73. The standard InChI is InChI=1S/C16H25NO4/c18-12-16(19)6-8-17(9-7-16)11-13-4-5-15(21-13)14-3-1-2-10-20-14/h4-5,14,18-19H,1-3,6-12H2/t14-/m1/s1. The summed E-state index contributed by atoms with van der Waals surface area (Å²) in [6.45, 7) is 3.01. The third-order valence-corrected chi connectivity index (χ3v) is 4.64. The average Bonchev–Trinajstić information content (AvgIpc) is 2.99. The molecule has 2 N–H and O–H groups in total. The van der Waals surface area contributed by atoms with Gasteiger partial charge in [-0.05, 0) is 44.2 Å². The minimum absolute atomic E-state index is 0.119. The molecule has 1 atom stereocenters. The first-order chi connectivity index (χ1) is 10.2. The van der Waals surface area contributed by atoms with Crippen LogP contribution in [0.2, 0.25) is 0 Å². The van der Waals surface area contributed by atoms with Crippen molar-refractivity contribution >= 4 is 0 Å². The zero-order chi connectivity index (χ0) is 14.7. The summed E-state index contributed by atoms with van der Waals surface area (Å²) < 4.78 is 11.7. The van der Waals surface area contributed by atoms with Crippen molar-refractivity contribution in [2.45, 2.75) is 50.4 Å². The highest BCUT2D eigenvalue weighted by molar-refractivity contribution is 5.10. The van der Waals surface area contributed by atoms with E-state index in [-0.39, 0.29) is 12.7 Å². The molecule has 0 aliphatic carbocycles. The van der Waals surface area contributed by atoms with Gasteiger partial charge in [-0.15, -0.1) is 0 Å². The van der Waals surface area contributed by atoms with E-state index in [0.717, 1.165) is 50.6 Å². The number of nitrogens with zero attached hydrogens (tertiary/aromatic N) is 1. The maximum Gasteiger partial charge on any atom is 0.133 e. The Labute approximate surface area is 125 Å². The molecule has 2 aliphatic rings. The van der Waals surface area contributed by atoms with E-state index in [4.69, 9.17) is 9.15 Å². The summed E-state index contributed by atoms with van der Waals surface area (Å²) in [5.41, 5.74) is -0.888. The van der Waals surface area contributed by atoms with E-state index >= 15 is 0 Å². The third kappa shape index (κ3) is 3.66. The van der Waals surface area contributed by atoms with E-state index in [1.807, 2.05) is 12.1 Å². The van der Waals surface area contributed by atoms with Crippen LogP contribution in [-0.4, -0.2) is 47.0 Å². The summed E-state index contributed by atoms with van der Waals surface area (Å²) in [7, 11) is 0. The largest absolute Gasteiger partial charge is 0.462 e. The zero-order valence-corrected chi connectivity index (χ0v) is 12.5. The van der Waals surface area contributed by atoms with Gasteiger partial charge in [-0.25, -0.2) is 0 Å². The molecule has 0 amide bonds. The van der Waals surface area contributed by atoms with Gasteiger partial charge in [0, 0.05) is 19.7 Å². The summed E-state index contributed by atoms with van der Waals surface area (Å²) in [5.74, 6) is 1.89. The highest BCUT2D eigenvalue weighted by atomic mass is 16.5. The number of aliphatic hydroxyl groups is 2. The normalized spacial score (nSPS) is 26.9. The van der Waals surface area contributed by atoms with Crippen molar-refractivity contribution in [3.8, 4) is 0 Å². The molecule has 0 radical (unpaired) electrons. The molecule has 5 nitrogen and oxygen atoms in total. The molecule has 0 aromatic carbocycles. The van der Waals surface area contributed by atoms with Gasteiger partial charge in [0.05, 0.1) is 18.8 Å². The minimum atomic E-state index is -0.888. The summed E-state index contributed by atoms with van der Waals surface area (Å²) in [6, 6.07) is 4.06. The lowest BCUT2D eigenvalue weighted by molar-refractivity contribution is -0.0616. The fourth-order valence-electron chi connectivity index (χ4n) is 3.12. The van der Waals surface area contributed by atoms with Crippen LogP contribution in [0.25, 0.3) is 0 Å². The Bertz CT molecular complexity index is 445. The predicted molar refractivity (Wildman–Crippen MR) is 77.8 cm³/mol. The first-order valence-electron chi connectivity index (χ1n) is 7.94. The molecule has 0 saturated carbocycles. The lowest BCUT2D eigenvalue weighted by Crippen LogP contribution is -2.46. The molecule has 0 spiro atoms. The van der Waals surface area contributed by atoms with Crippen molar-refractivity contribution in [1.29, 1.82) is 0 Å². The second-order valence-corrected chi connectivity index (χ2v) is 6.32. The van der Waals surface area contributed by atoms with Gasteiger partial charge < -0.3 is 19.4 Å². The molecule has 21 heavy (non-hydrogen) atoms. The van der Waals surface area contributed by atoms with Crippen molar-refractivity contribution in [1.82, 2.24) is 4.90 Å². The first kappa shape index (κ1) is 15.0. The summed E-state index contributed by atoms with van der Waals surface area (Å²) in [5, 5.41) is 19.2. The first-order valence-corrected chi connectivity index (χ1v) is 7.94. The molecule has 5 heteroatoms. The number of aliphatic hydroxyl groups excluding tert-OH is 1. The van der Waals surface area contributed by atoms with Crippen LogP contribution in [0.15, 0.2) is 16.5 Å². The Kier molecular flexibility index (Phi) is 4.64. The molecule has 3 rings (SSSR count). The number of hydrogen-bond donors (Lipinski definition) is 2. The molecule has 2 fully saturated rings. The van der Waals surface area contributed by atoms with Gasteiger partial charge in [0.2, 0.25) is 0 Å². The second-order valence-electron chi connectivity index (χ2n) is 6.32. The number of hydrogen-bond acceptors (Lipinski definition) is 5. The fourth-order valence-corrected chi connectivity index (χ4v) is 3.12.